The SMILES string of the molecule is CC(C)(C)CC(C)(C)n1cc[n+](C(C)(C)CC(C)(C)C)c1.O=C[O-]. The minimum absolute atomic E-state index is 0.140. The Kier molecular flexibility index (Phi) is 7.29. The smallest absolute Gasteiger partial charge is 0.244 e. The summed E-state index contributed by atoms with van der Waals surface area (Å²) in [7, 11) is 0. The van der Waals surface area contributed by atoms with Crippen LogP contribution in [-0.2, 0) is 15.9 Å². The topological polar surface area (TPSA) is 48.9 Å². The van der Waals surface area contributed by atoms with E-state index in [1.165, 1.54) is 0 Å². The van der Waals surface area contributed by atoms with Crippen LogP contribution in [0.5, 0.6) is 0 Å². The van der Waals surface area contributed by atoms with Gasteiger partial charge in [0.1, 0.15) is 23.5 Å². The summed E-state index contributed by atoms with van der Waals surface area (Å²) in [5.41, 5.74) is 0.946. The van der Waals surface area contributed by atoms with Gasteiger partial charge in [-0.3, -0.25) is 0 Å². The van der Waals surface area contributed by atoms with Crippen molar-refractivity contribution in [1.29, 1.82) is 0 Å². The Labute approximate surface area is 148 Å². The number of hydrogen-bond acceptors (Lipinski definition) is 2. The summed E-state index contributed by atoms with van der Waals surface area (Å²) in [5, 5.41) is 8.25. The Hall–Kier alpha value is -1.32. The molecule has 0 saturated heterocycles. The summed E-state index contributed by atoms with van der Waals surface area (Å²) in [6.45, 7) is 22.7. The van der Waals surface area contributed by atoms with Gasteiger partial charge in [0, 0.05) is 6.47 Å². The zero-order valence-electron chi connectivity index (χ0n) is 17.4. The normalized spacial score (nSPS) is 13.2. The first-order chi connectivity index (χ1) is 10.5. The summed E-state index contributed by atoms with van der Waals surface area (Å²) < 4.78 is 4.76. The number of carbonyl (C=O) groups excluding carboxylic acids is 1. The van der Waals surface area contributed by atoms with Gasteiger partial charge in [-0.2, -0.15) is 0 Å². The monoisotopic (exact) mass is 338 g/mol. The predicted molar refractivity (Wildman–Crippen MR) is 97.5 cm³/mol. The minimum atomic E-state index is -0.500. The number of hydrogen-bond donors (Lipinski definition) is 0. The number of carbonyl (C=O) groups is 1. The number of imidazole rings is 1. The molecule has 0 saturated carbocycles. The van der Waals surface area contributed by atoms with Crippen LogP contribution in [0.2, 0.25) is 0 Å². The van der Waals surface area contributed by atoms with E-state index >= 15 is 0 Å². The largest absolute Gasteiger partial charge is 0.554 e. The van der Waals surface area contributed by atoms with Crippen molar-refractivity contribution in [2.24, 2.45) is 10.8 Å². The molecule has 0 spiro atoms. The molecule has 0 fully saturated rings. The lowest BCUT2D eigenvalue weighted by Gasteiger charge is -2.31. The number of rotatable bonds is 4. The van der Waals surface area contributed by atoms with Gasteiger partial charge in [-0.15, -0.1) is 0 Å². The molecule has 1 aromatic rings. The van der Waals surface area contributed by atoms with E-state index in [-0.39, 0.29) is 11.1 Å². The van der Waals surface area contributed by atoms with E-state index < -0.39 is 6.47 Å². The quantitative estimate of drug-likeness (QED) is 0.623. The number of aromatic nitrogens is 2. The third kappa shape index (κ3) is 7.98. The molecular formula is C20H38N2O2. The van der Waals surface area contributed by atoms with Crippen molar-refractivity contribution in [2.45, 2.75) is 93.2 Å². The average Bonchev–Trinajstić information content (AvgIpc) is 2.72. The molecule has 0 amide bonds. The molecule has 0 radical (unpaired) electrons. The molecular weight excluding hydrogens is 300 g/mol. The Bertz CT molecular complexity index is 472. The van der Waals surface area contributed by atoms with Crippen LogP contribution in [0.3, 0.4) is 0 Å². The Balaban J connectivity index is 0.00000163. The first-order valence-corrected chi connectivity index (χ1v) is 8.70. The van der Waals surface area contributed by atoms with Crippen LogP contribution in [0.25, 0.3) is 0 Å². The number of nitrogens with zero attached hydrogens (tertiary/aromatic N) is 2. The predicted octanol–water partition coefficient (Wildman–Crippen LogP) is 3.48. The fraction of sp³-hybridized carbons (Fsp3) is 0.800. The van der Waals surface area contributed by atoms with Gasteiger partial charge in [0.15, 0.2) is 0 Å². The van der Waals surface area contributed by atoms with Crippen molar-refractivity contribution in [3.63, 3.8) is 0 Å². The van der Waals surface area contributed by atoms with Gasteiger partial charge in [-0.1, -0.05) is 41.5 Å². The maximum absolute atomic E-state index is 8.25. The molecule has 4 heteroatoms. The molecule has 0 aliphatic rings. The van der Waals surface area contributed by atoms with E-state index in [2.05, 4.69) is 97.1 Å². The molecule has 0 N–H and O–H groups in total. The van der Waals surface area contributed by atoms with Gasteiger partial charge in [-0.05, 0) is 51.4 Å². The molecule has 1 aromatic heterocycles. The second-order valence-corrected chi connectivity index (χ2v) is 10.4. The second kappa shape index (κ2) is 7.71. The van der Waals surface area contributed by atoms with Gasteiger partial charge in [0.2, 0.25) is 6.33 Å². The zero-order valence-corrected chi connectivity index (χ0v) is 17.4. The summed E-state index contributed by atoms with van der Waals surface area (Å²) in [6.07, 6.45) is 9.08. The molecule has 24 heavy (non-hydrogen) atoms. The van der Waals surface area contributed by atoms with Crippen molar-refractivity contribution < 1.29 is 14.5 Å². The molecule has 140 valence electrons. The average molecular weight is 339 g/mol. The highest BCUT2D eigenvalue weighted by molar-refractivity contribution is 5.29. The molecule has 1 rings (SSSR count). The highest BCUT2D eigenvalue weighted by atomic mass is 16.3. The molecule has 1 heterocycles. The first-order valence-electron chi connectivity index (χ1n) is 8.70. The fourth-order valence-electron chi connectivity index (χ4n) is 3.85. The molecule has 0 bridgehead atoms. The Morgan fingerprint density at radius 3 is 1.71 bits per heavy atom. The van der Waals surface area contributed by atoms with Crippen LogP contribution in [0.15, 0.2) is 18.7 Å². The lowest BCUT2D eigenvalue weighted by Crippen LogP contribution is -2.53. The van der Waals surface area contributed by atoms with Crippen molar-refractivity contribution in [1.82, 2.24) is 4.57 Å². The van der Waals surface area contributed by atoms with Crippen molar-refractivity contribution in [2.75, 3.05) is 0 Å². The highest BCUT2D eigenvalue weighted by Crippen LogP contribution is 2.32. The van der Waals surface area contributed by atoms with E-state index in [1.807, 2.05) is 0 Å². The molecule has 4 nitrogen and oxygen atoms in total. The van der Waals surface area contributed by atoms with Gasteiger partial charge in [-0.25, -0.2) is 9.13 Å². The van der Waals surface area contributed by atoms with Gasteiger partial charge in [0.05, 0.1) is 0 Å². The third-order valence-electron chi connectivity index (χ3n) is 3.96. The van der Waals surface area contributed by atoms with Crippen molar-refractivity contribution >= 4 is 6.47 Å². The fourth-order valence-corrected chi connectivity index (χ4v) is 3.85. The maximum Gasteiger partial charge on any atom is 0.244 e. The van der Waals surface area contributed by atoms with E-state index in [0.29, 0.717) is 10.8 Å². The summed E-state index contributed by atoms with van der Waals surface area (Å²) >= 11 is 0. The third-order valence-corrected chi connectivity index (χ3v) is 3.96. The Morgan fingerprint density at radius 2 is 1.33 bits per heavy atom. The van der Waals surface area contributed by atoms with Gasteiger partial charge < -0.3 is 9.90 Å². The van der Waals surface area contributed by atoms with Crippen LogP contribution in [0, 0.1) is 10.8 Å². The highest BCUT2D eigenvalue weighted by Gasteiger charge is 2.35. The number of carboxylic acid groups (broad SMARTS) is 1. The standard InChI is InChI=1S/C19H37N2.CH2O2/c1-16(2,3)13-18(7,8)20-11-12-21(15-20)19(9,10)14-17(4,5)6;2-1-3/h11-12,15H,13-14H2,1-10H3;1H,(H,2,3)/q+1;/p-1. The second-order valence-electron chi connectivity index (χ2n) is 10.4. The van der Waals surface area contributed by atoms with Crippen LogP contribution in [-0.4, -0.2) is 11.0 Å². The summed E-state index contributed by atoms with van der Waals surface area (Å²) in [5.74, 6) is 0. The van der Waals surface area contributed by atoms with Gasteiger partial charge >= 0.3 is 0 Å². The van der Waals surface area contributed by atoms with Crippen molar-refractivity contribution in [3.05, 3.63) is 18.7 Å². The maximum atomic E-state index is 8.25. The van der Waals surface area contributed by atoms with E-state index in [0.717, 1.165) is 12.8 Å². The van der Waals surface area contributed by atoms with Crippen LogP contribution < -0.4 is 9.67 Å². The molecule has 0 aliphatic carbocycles. The summed E-state index contributed by atoms with van der Waals surface area (Å²) in [4.78, 5) is 8.25. The van der Waals surface area contributed by atoms with E-state index in [1.54, 1.807) is 0 Å². The molecule has 0 unspecified atom stereocenters. The lowest BCUT2D eigenvalue weighted by atomic mass is 9.81. The lowest BCUT2D eigenvalue weighted by molar-refractivity contribution is -0.760. The molecule has 0 atom stereocenters. The van der Waals surface area contributed by atoms with Gasteiger partial charge in [0.25, 0.3) is 0 Å². The Morgan fingerprint density at radius 1 is 0.917 bits per heavy atom. The summed E-state index contributed by atoms with van der Waals surface area (Å²) in [6, 6.07) is 0. The molecule has 0 aliphatic heterocycles. The van der Waals surface area contributed by atoms with Crippen molar-refractivity contribution in [3.8, 4) is 0 Å². The van der Waals surface area contributed by atoms with Crippen LogP contribution in [0.1, 0.15) is 82.1 Å². The first kappa shape index (κ1) is 22.7. The van der Waals surface area contributed by atoms with E-state index in [4.69, 9.17) is 9.90 Å². The van der Waals surface area contributed by atoms with Crippen LogP contribution in [0.4, 0.5) is 0 Å². The zero-order chi connectivity index (χ0) is 19.4. The minimum Gasteiger partial charge on any atom is -0.554 e. The van der Waals surface area contributed by atoms with E-state index in [9.17, 15) is 0 Å². The van der Waals surface area contributed by atoms with Crippen LogP contribution >= 0.6 is 0 Å². The molecule has 0 aromatic carbocycles.